The fraction of sp³-hybridized carbons (Fsp3) is 0.175. The number of rotatable bonds is 14. The van der Waals surface area contributed by atoms with Gasteiger partial charge in [-0.1, -0.05) is 100 Å². The molecular weight excluding hydrogens is 893 g/mol. The molecule has 0 bridgehead atoms. The number of carboxylic acids is 1. The zero-order valence-electron chi connectivity index (χ0n) is 38.8. The molecule has 8 aromatic rings. The number of thiophene rings is 2. The Morgan fingerprint density at radius 1 is 0.559 bits per heavy atom. The zero-order chi connectivity index (χ0) is 48.5. The van der Waals surface area contributed by atoms with E-state index in [4.69, 9.17) is 24.1 Å². The van der Waals surface area contributed by atoms with Crippen LogP contribution >= 0.6 is 22.7 Å². The number of phenolic OH excluding ortho intramolecular Hbond substituents is 1. The lowest BCUT2D eigenvalue weighted by atomic mass is 9.96. The minimum atomic E-state index is -0.994. The first-order valence-electron chi connectivity index (χ1n) is 22.2. The van der Waals surface area contributed by atoms with Crippen molar-refractivity contribution in [3.63, 3.8) is 0 Å². The molecule has 0 saturated carbocycles. The van der Waals surface area contributed by atoms with Crippen molar-refractivity contribution in [1.29, 1.82) is 0 Å². The molecule has 2 heterocycles. The molecule has 11 heteroatoms. The van der Waals surface area contributed by atoms with Gasteiger partial charge in [0.25, 0.3) is 0 Å². The van der Waals surface area contributed by atoms with E-state index in [0.717, 1.165) is 69.8 Å². The molecule has 2 aromatic heterocycles. The molecule has 6 aromatic carbocycles. The fourth-order valence-electron chi connectivity index (χ4n) is 7.45. The SMILES string of the molecule is CC(=O)Oc1ccc2c(Oc3ccc(/C=C/C(=O)O)cc3)c(-c3ccccc3C(C)C)sc2c1.CC(C)OC(=O)/C=C/c1ccc(Oc2c(-c3ccccc3C(C)C)sc3cc(O)ccc23)cc1. The maximum absolute atomic E-state index is 11.8. The Bertz CT molecular complexity index is 3130. The highest BCUT2D eigenvalue weighted by atomic mass is 32.1. The minimum absolute atomic E-state index is 0.148. The minimum Gasteiger partial charge on any atom is -0.508 e. The molecule has 0 aliphatic carbocycles. The van der Waals surface area contributed by atoms with Crippen LogP contribution in [0.25, 0.3) is 53.2 Å². The Hall–Kier alpha value is -7.47. The van der Waals surface area contributed by atoms with Crippen LogP contribution in [0.4, 0.5) is 0 Å². The highest BCUT2D eigenvalue weighted by molar-refractivity contribution is 7.23. The van der Waals surface area contributed by atoms with Crippen LogP contribution in [0.5, 0.6) is 34.5 Å². The summed E-state index contributed by atoms with van der Waals surface area (Å²) in [5.41, 5.74) is 6.34. The van der Waals surface area contributed by atoms with Crippen molar-refractivity contribution in [1.82, 2.24) is 0 Å². The number of carbonyl (C=O) groups excluding carboxylic acids is 2. The van der Waals surface area contributed by atoms with E-state index in [0.29, 0.717) is 29.1 Å². The first-order valence-corrected chi connectivity index (χ1v) is 23.8. The second-order valence-corrected chi connectivity index (χ2v) is 18.9. The number of carbonyl (C=O) groups is 3. The van der Waals surface area contributed by atoms with Crippen LogP contribution < -0.4 is 14.2 Å². The molecule has 0 unspecified atom stereocenters. The Morgan fingerprint density at radius 2 is 1.01 bits per heavy atom. The summed E-state index contributed by atoms with van der Waals surface area (Å²) in [7, 11) is 0. The average Bonchev–Trinajstić information content (AvgIpc) is 3.84. The number of aromatic hydroxyl groups is 1. The van der Waals surface area contributed by atoms with Gasteiger partial charge in [0.1, 0.15) is 23.0 Å². The van der Waals surface area contributed by atoms with Crippen molar-refractivity contribution in [3.8, 4) is 55.4 Å². The van der Waals surface area contributed by atoms with Gasteiger partial charge in [-0.15, -0.1) is 22.7 Å². The van der Waals surface area contributed by atoms with E-state index >= 15 is 0 Å². The van der Waals surface area contributed by atoms with Crippen LogP contribution in [0.1, 0.15) is 82.6 Å². The lowest BCUT2D eigenvalue weighted by molar-refractivity contribution is -0.141. The predicted octanol–water partition coefficient (Wildman–Crippen LogP) is 15.7. The third-order valence-electron chi connectivity index (χ3n) is 10.5. The lowest BCUT2D eigenvalue weighted by Crippen LogP contribution is -2.08. The monoisotopic (exact) mass is 944 g/mol. The van der Waals surface area contributed by atoms with Crippen molar-refractivity contribution in [3.05, 3.63) is 168 Å². The maximum atomic E-state index is 11.8. The Kier molecular flexibility index (Phi) is 15.6. The van der Waals surface area contributed by atoms with Gasteiger partial charge in [-0.2, -0.15) is 0 Å². The van der Waals surface area contributed by atoms with E-state index in [1.165, 1.54) is 30.2 Å². The summed E-state index contributed by atoms with van der Waals surface area (Å²) in [6, 6.07) is 42.4. The number of aliphatic carboxylic acids is 1. The smallest absolute Gasteiger partial charge is 0.331 e. The Labute approximate surface area is 404 Å². The van der Waals surface area contributed by atoms with Crippen molar-refractivity contribution in [2.45, 2.75) is 66.4 Å². The standard InChI is InChI=1S/C29H28O4S.C28H24O5S/c1-18(2)23-7-5-6-8-24(23)29-28(25-15-12-21(30)17-26(25)34-29)33-22-13-9-20(10-14-22)11-16-27(31)32-19(3)4;1-17(2)22-6-4-5-7-23(22)28-27(24-14-13-21(32-18(3)29)16-25(24)34-28)33-20-11-8-19(9-12-20)10-15-26(30)31/h5-19,30H,1-4H3;4-17H,1-3H3,(H,30,31)/b16-11+;15-10+. The zero-order valence-corrected chi connectivity index (χ0v) is 40.4. The van der Waals surface area contributed by atoms with E-state index in [1.54, 1.807) is 46.9 Å². The van der Waals surface area contributed by atoms with Crippen LogP contribution in [-0.4, -0.2) is 34.2 Å². The number of carboxylic acid groups (broad SMARTS) is 1. The van der Waals surface area contributed by atoms with Gasteiger partial charge >= 0.3 is 17.9 Å². The molecule has 9 nitrogen and oxygen atoms in total. The molecule has 0 radical (unpaired) electrons. The summed E-state index contributed by atoms with van der Waals surface area (Å²) in [6.07, 6.45) is 5.64. The molecule has 2 N–H and O–H groups in total. The molecule has 68 heavy (non-hydrogen) atoms. The van der Waals surface area contributed by atoms with Crippen molar-refractivity contribution >= 4 is 72.9 Å². The van der Waals surface area contributed by atoms with Crippen LogP contribution in [0.3, 0.4) is 0 Å². The maximum Gasteiger partial charge on any atom is 0.331 e. The number of phenols is 1. The quantitative estimate of drug-likeness (QED) is 0.0622. The molecule has 0 aliphatic rings. The lowest BCUT2D eigenvalue weighted by Gasteiger charge is -2.14. The highest BCUT2D eigenvalue weighted by Gasteiger charge is 2.22. The van der Waals surface area contributed by atoms with Crippen LogP contribution in [-0.2, 0) is 19.1 Å². The summed E-state index contributed by atoms with van der Waals surface area (Å²) >= 11 is 3.20. The third-order valence-corrected chi connectivity index (χ3v) is 12.9. The van der Waals surface area contributed by atoms with E-state index in [-0.39, 0.29) is 23.8 Å². The first-order chi connectivity index (χ1) is 32.6. The summed E-state index contributed by atoms with van der Waals surface area (Å²) in [4.78, 5) is 36.0. The predicted molar refractivity (Wildman–Crippen MR) is 276 cm³/mol. The number of ether oxygens (including phenoxy) is 4. The number of esters is 2. The molecule has 0 aliphatic heterocycles. The average molecular weight is 945 g/mol. The fourth-order valence-corrected chi connectivity index (χ4v) is 9.87. The van der Waals surface area contributed by atoms with Gasteiger partial charge in [0.05, 0.1) is 15.9 Å². The van der Waals surface area contributed by atoms with E-state index < -0.39 is 5.97 Å². The molecule has 0 amide bonds. The van der Waals surface area contributed by atoms with Crippen molar-refractivity contribution in [2.75, 3.05) is 0 Å². The summed E-state index contributed by atoms with van der Waals surface area (Å²) in [5.74, 6) is 2.52. The molecule has 346 valence electrons. The molecule has 0 fully saturated rings. The van der Waals surface area contributed by atoms with Crippen molar-refractivity contribution < 1.29 is 43.5 Å². The number of fused-ring (bicyclic) bond motifs is 2. The van der Waals surface area contributed by atoms with Gasteiger partial charge in [0.2, 0.25) is 0 Å². The molecule has 0 atom stereocenters. The molecule has 0 spiro atoms. The normalized spacial score (nSPS) is 11.4. The summed E-state index contributed by atoms with van der Waals surface area (Å²) < 4.78 is 25.2. The first kappa shape index (κ1) is 48.5. The topological polar surface area (TPSA) is 129 Å². The Balaban J connectivity index is 0.000000201. The van der Waals surface area contributed by atoms with Gasteiger partial charge in [-0.05, 0) is 132 Å². The van der Waals surface area contributed by atoms with Gasteiger partial charge in [0.15, 0.2) is 11.5 Å². The van der Waals surface area contributed by atoms with Crippen LogP contribution in [0.15, 0.2) is 146 Å². The Morgan fingerprint density at radius 3 is 1.49 bits per heavy atom. The second kappa shape index (κ2) is 21.9. The summed E-state index contributed by atoms with van der Waals surface area (Å²) in [5, 5.41) is 20.7. The number of hydrogen-bond acceptors (Lipinski definition) is 10. The van der Waals surface area contributed by atoms with Gasteiger partial charge in [0, 0.05) is 39.2 Å². The van der Waals surface area contributed by atoms with Gasteiger partial charge in [-0.3, -0.25) is 4.79 Å². The molecule has 0 saturated heterocycles. The van der Waals surface area contributed by atoms with Gasteiger partial charge in [-0.25, -0.2) is 9.59 Å². The summed E-state index contributed by atoms with van der Waals surface area (Å²) in [6.45, 7) is 13.7. The van der Waals surface area contributed by atoms with E-state index in [9.17, 15) is 19.5 Å². The molecule has 8 rings (SSSR count). The number of hydrogen-bond donors (Lipinski definition) is 2. The molecular formula is C57H52O9S2. The van der Waals surface area contributed by atoms with Gasteiger partial charge < -0.3 is 29.2 Å². The van der Waals surface area contributed by atoms with E-state index in [1.807, 2.05) is 98.8 Å². The van der Waals surface area contributed by atoms with Crippen LogP contribution in [0.2, 0.25) is 0 Å². The third kappa shape index (κ3) is 12.1. The van der Waals surface area contributed by atoms with E-state index in [2.05, 4.69) is 58.0 Å². The number of benzene rings is 6. The highest BCUT2D eigenvalue weighted by Crippen LogP contribution is 2.50. The van der Waals surface area contributed by atoms with Crippen LogP contribution in [0, 0.1) is 0 Å². The second-order valence-electron chi connectivity index (χ2n) is 16.8. The largest absolute Gasteiger partial charge is 0.508 e. The van der Waals surface area contributed by atoms with Crippen molar-refractivity contribution in [2.24, 2.45) is 0 Å².